The molecular formula is C22H26N6O6S. The van der Waals surface area contributed by atoms with Gasteiger partial charge in [-0.2, -0.15) is 9.97 Å². The number of ether oxygens (including phenoxy) is 3. The predicted molar refractivity (Wildman–Crippen MR) is 128 cm³/mol. The van der Waals surface area contributed by atoms with Crippen molar-refractivity contribution in [1.82, 2.24) is 19.9 Å². The number of aliphatic hydroxyl groups is 2. The SMILES string of the molecule is CC(O)N(c1nc(N2CC[S+]([O-])CC2)c2ncnc(OCc3ccc4c(c3)OCO4)c2n1)C(C)O. The minimum atomic E-state index is -1.06. The Hall–Kier alpha value is -3.13. The van der Waals surface area contributed by atoms with Crippen LogP contribution in [0.15, 0.2) is 24.5 Å². The first-order valence-electron chi connectivity index (χ1n) is 11.2. The third-order valence-corrected chi connectivity index (χ3v) is 7.02. The highest BCUT2D eigenvalue weighted by Crippen LogP contribution is 2.34. The maximum atomic E-state index is 11.9. The maximum absolute atomic E-state index is 11.9. The van der Waals surface area contributed by atoms with E-state index in [2.05, 4.69) is 19.9 Å². The second-order valence-corrected chi connectivity index (χ2v) is 9.90. The Bertz CT molecular complexity index is 1200. The second kappa shape index (κ2) is 9.85. The zero-order chi connectivity index (χ0) is 24.5. The summed E-state index contributed by atoms with van der Waals surface area (Å²) in [6.45, 7) is 4.46. The molecule has 13 heteroatoms. The van der Waals surface area contributed by atoms with Gasteiger partial charge in [0.25, 0.3) is 0 Å². The normalized spacial score (nSPS) is 17.5. The lowest BCUT2D eigenvalue weighted by Gasteiger charge is -2.32. The van der Waals surface area contributed by atoms with E-state index in [1.54, 1.807) is 0 Å². The molecule has 0 saturated carbocycles. The standard InChI is InChI=1S/C22H26N6O6S/c1-13(29)28(14(2)30)22-25-19-18(20(26-22)27-5-7-35(31)8-6-27)23-11-24-21(19)32-10-15-3-4-16-17(9-15)34-12-33-16/h3-4,9,11,13-14,29-30H,5-8,10,12H2,1-2H3. The molecule has 2 atom stereocenters. The van der Waals surface area contributed by atoms with Crippen molar-refractivity contribution >= 4 is 34.0 Å². The van der Waals surface area contributed by atoms with Crippen molar-refractivity contribution in [3.63, 3.8) is 0 Å². The first-order chi connectivity index (χ1) is 16.9. The lowest BCUT2D eigenvalue weighted by atomic mass is 10.2. The lowest BCUT2D eigenvalue weighted by molar-refractivity contribution is 0.103. The molecule has 2 aromatic heterocycles. The van der Waals surface area contributed by atoms with E-state index < -0.39 is 23.6 Å². The number of rotatable bonds is 7. The average molecular weight is 503 g/mol. The first kappa shape index (κ1) is 23.6. The van der Waals surface area contributed by atoms with Crippen LogP contribution in [0.5, 0.6) is 17.4 Å². The molecule has 1 fully saturated rings. The fourth-order valence-electron chi connectivity index (χ4n) is 4.02. The Labute approximate surface area is 204 Å². The summed E-state index contributed by atoms with van der Waals surface area (Å²) in [6.07, 6.45) is -0.735. The van der Waals surface area contributed by atoms with Crippen LogP contribution in [0.4, 0.5) is 11.8 Å². The second-order valence-electron chi connectivity index (χ2n) is 8.21. The Balaban J connectivity index is 1.54. The largest absolute Gasteiger partial charge is 0.616 e. The third-order valence-electron chi connectivity index (χ3n) is 5.74. The van der Waals surface area contributed by atoms with Gasteiger partial charge in [0.05, 0.1) is 13.1 Å². The molecule has 2 N–H and O–H groups in total. The molecule has 2 aliphatic heterocycles. The Kier molecular flexibility index (Phi) is 6.65. The molecule has 1 saturated heterocycles. The predicted octanol–water partition coefficient (Wildman–Crippen LogP) is 0.779. The summed E-state index contributed by atoms with van der Waals surface area (Å²) >= 11 is -0.878. The van der Waals surface area contributed by atoms with Gasteiger partial charge in [-0.25, -0.2) is 9.97 Å². The van der Waals surface area contributed by atoms with Gasteiger partial charge in [-0.05, 0) is 31.5 Å². The van der Waals surface area contributed by atoms with E-state index in [1.165, 1.54) is 25.1 Å². The minimum Gasteiger partial charge on any atom is -0.616 e. The van der Waals surface area contributed by atoms with Crippen molar-refractivity contribution < 1.29 is 29.0 Å². The summed E-state index contributed by atoms with van der Waals surface area (Å²) in [5, 5.41) is 20.6. The van der Waals surface area contributed by atoms with Gasteiger partial charge >= 0.3 is 0 Å². The van der Waals surface area contributed by atoms with Gasteiger partial charge in [-0.1, -0.05) is 17.2 Å². The lowest BCUT2D eigenvalue weighted by Crippen LogP contribution is -2.43. The highest BCUT2D eigenvalue weighted by molar-refractivity contribution is 7.91. The fraction of sp³-hybridized carbons (Fsp3) is 0.455. The number of hydrogen-bond donors (Lipinski definition) is 2. The molecule has 0 amide bonds. The average Bonchev–Trinajstić information content (AvgIpc) is 3.30. The van der Waals surface area contributed by atoms with E-state index in [-0.39, 0.29) is 25.2 Å². The molecule has 35 heavy (non-hydrogen) atoms. The highest BCUT2D eigenvalue weighted by atomic mass is 32.2. The van der Waals surface area contributed by atoms with Crippen LogP contribution in [0.3, 0.4) is 0 Å². The van der Waals surface area contributed by atoms with Gasteiger partial charge in [-0.3, -0.25) is 4.90 Å². The number of aliphatic hydroxyl groups excluding tert-OH is 2. The van der Waals surface area contributed by atoms with E-state index in [9.17, 15) is 14.8 Å². The van der Waals surface area contributed by atoms with Crippen molar-refractivity contribution in [2.24, 2.45) is 0 Å². The van der Waals surface area contributed by atoms with Crippen LogP contribution < -0.4 is 24.0 Å². The fourth-order valence-corrected chi connectivity index (χ4v) is 5.07. The Morgan fingerprint density at radius 1 is 1.09 bits per heavy atom. The quantitative estimate of drug-likeness (QED) is 0.347. The van der Waals surface area contributed by atoms with Gasteiger partial charge in [0, 0.05) is 0 Å². The molecular weight excluding hydrogens is 476 g/mol. The summed E-state index contributed by atoms with van der Waals surface area (Å²) in [4.78, 5) is 21.2. The molecule has 4 heterocycles. The van der Waals surface area contributed by atoms with E-state index in [0.717, 1.165) is 5.56 Å². The number of anilines is 2. The van der Waals surface area contributed by atoms with Gasteiger partial charge in [0.15, 0.2) is 22.8 Å². The van der Waals surface area contributed by atoms with Gasteiger partial charge in [0.2, 0.25) is 18.6 Å². The topological polar surface area (TPSA) is 149 Å². The molecule has 0 spiro atoms. The molecule has 12 nitrogen and oxygen atoms in total. The van der Waals surface area contributed by atoms with E-state index in [1.807, 2.05) is 23.1 Å². The van der Waals surface area contributed by atoms with Crippen LogP contribution >= 0.6 is 0 Å². The van der Waals surface area contributed by atoms with E-state index in [0.29, 0.717) is 52.9 Å². The number of fused-ring (bicyclic) bond motifs is 2. The molecule has 1 aromatic carbocycles. The Morgan fingerprint density at radius 2 is 1.83 bits per heavy atom. The monoisotopic (exact) mass is 502 g/mol. The molecule has 186 valence electrons. The van der Waals surface area contributed by atoms with Crippen LogP contribution in [0.2, 0.25) is 0 Å². The third kappa shape index (κ3) is 4.85. The van der Waals surface area contributed by atoms with Crippen molar-refractivity contribution in [1.29, 1.82) is 0 Å². The molecule has 0 radical (unpaired) electrons. The van der Waals surface area contributed by atoms with Crippen LogP contribution in [-0.2, 0) is 17.8 Å². The van der Waals surface area contributed by atoms with Gasteiger partial charge < -0.3 is 33.9 Å². The smallest absolute Gasteiger partial charge is 0.244 e. The van der Waals surface area contributed by atoms with Gasteiger partial charge in [0.1, 0.15) is 42.4 Å². The highest BCUT2D eigenvalue weighted by Gasteiger charge is 2.28. The molecule has 3 aromatic rings. The summed E-state index contributed by atoms with van der Waals surface area (Å²) in [7, 11) is 0. The molecule has 2 aliphatic rings. The van der Waals surface area contributed by atoms with Crippen molar-refractivity contribution in [2.45, 2.75) is 32.9 Å². The Morgan fingerprint density at radius 3 is 2.57 bits per heavy atom. The molecule has 0 aliphatic carbocycles. The van der Waals surface area contributed by atoms with E-state index >= 15 is 0 Å². The van der Waals surface area contributed by atoms with Crippen molar-refractivity contribution in [3.05, 3.63) is 30.1 Å². The molecule has 2 unspecified atom stereocenters. The summed E-state index contributed by atoms with van der Waals surface area (Å²) in [6, 6.07) is 5.54. The van der Waals surface area contributed by atoms with Gasteiger partial charge in [-0.15, -0.1) is 0 Å². The molecule has 0 bridgehead atoms. The van der Waals surface area contributed by atoms with Crippen LogP contribution in [0, 0.1) is 0 Å². The first-order valence-corrected chi connectivity index (χ1v) is 12.7. The zero-order valence-electron chi connectivity index (χ0n) is 19.3. The maximum Gasteiger partial charge on any atom is 0.244 e. The number of benzene rings is 1. The number of nitrogens with zero attached hydrogens (tertiary/aromatic N) is 6. The van der Waals surface area contributed by atoms with Crippen molar-refractivity contribution in [2.75, 3.05) is 41.2 Å². The zero-order valence-corrected chi connectivity index (χ0v) is 20.1. The summed E-state index contributed by atoms with van der Waals surface area (Å²) in [5.41, 5.74) is 1.66. The number of hydrogen-bond acceptors (Lipinski definition) is 12. The van der Waals surface area contributed by atoms with Crippen molar-refractivity contribution in [3.8, 4) is 17.4 Å². The minimum absolute atomic E-state index is 0.104. The van der Waals surface area contributed by atoms with Crippen LogP contribution in [0.25, 0.3) is 11.0 Å². The number of aromatic nitrogens is 4. The summed E-state index contributed by atoms with van der Waals surface area (Å²) in [5.74, 6) is 3.19. The van der Waals surface area contributed by atoms with Crippen LogP contribution in [-0.4, -0.2) is 78.5 Å². The summed E-state index contributed by atoms with van der Waals surface area (Å²) < 4.78 is 28.7. The van der Waals surface area contributed by atoms with Crippen LogP contribution in [0.1, 0.15) is 19.4 Å². The molecule has 5 rings (SSSR count). The van der Waals surface area contributed by atoms with E-state index in [4.69, 9.17) is 14.2 Å².